The molecule has 0 N–H and O–H groups in total. The molecule has 2 rings (SSSR count). The number of benzene rings is 2. The highest BCUT2D eigenvalue weighted by molar-refractivity contribution is 5.75. The molecule has 0 aliphatic rings. The van der Waals surface area contributed by atoms with Gasteiger partial charge in [-0.15, -0.1) is 0 Å². The molecule has 0 bridgehead atoms. The molecule has 5 nitrogen and oxygen atoms in total. The van der Waals surface area contributed by atoms with Crippen molar-refractivity contribution in [2.24, 2.45) is 0 Å². The van der Waals surface area contributed by atoms with E-state index in [0.717, 1.165) is 11.1 Å². The lowest BCUT2D eigenvalue weighted by Crippen LogP contribution is -2.35. The number of nitrogens with zero attached hydrogens (tertiary/aromatic N) is 1. The van der Waals surface area contributed by atoms with Crippen LogP contribution in [-0.2, 0) is 32.3 Å². The normalized spacial score (nSPS) is 10.5. The first-order valence-corrected chi connectivity index (χ1v) is 8.29. The van der Waals surface area contributed by atoms with Gasteiger partial charge in [-0.25, -0.2) is 0 Å². The third-order valence-corrected chi connectivity index (χ3v) is 3.64. The molecule has 0 spiro atoms. The highest BCUT2D eigenvalue weighted by atomic mass is 16.5. The van der Waals surface area contributed by atoms with Crippen LogP contribution in [0.2, 0.25) is 0 Å². The minimum Gasteiger partial charge on any atom is -0.460 e. The van der Waals surface area contributed by atoms with Crippen molar-refractivity contribution in [3.05, 3.63) is 71.8 Å². The summed E-state index contributed by atoms with van der Waals surface area (Å²) < 4.78 is 10.5. The Kier molecular flexibility index (Phi) is 7.66. The average molecular weight is 341 g/mol. The van der Waals surface area contributed by atoms with Crippen molar-refractivity contribution in [3.63, 3.8) is 0 Å². The quantitative estimate of drug-likeness (QED) is 0.657. The van der Waals surface area contributed by atoms with Crippen molar-refractivity contribution in [2.75, 3.05) is 19.6 Å². The molecular formula is C20H23NO4. The lowest BCUT2D eigenvalue weighted by Gasteiger charge is -2.18. The summed E-state index contributed by atoms with van der Waals surface area (Å²) in [6.07, 6.45) is 0. The summed E-state index contributed by atoms with van der Waals surface area (Å²) in [5, 5.41) is 0. The molecule has 2 aromatic carbocycles. The van der Waals surface area contributed by atoms with E-state index in [1.807, 2.05) is 67.6 Å². The van der Waals surface area contributed by atoms with Crippen LogP contribution in [0.4, 0.5) is 0 Å². The first-order chi connectivity index (χ1) is 12.2. The van der Waals surface area contributed by atoms with Crippen LogP contribution in [0, 0.1) is 0 Å². The van der Waals surface area contributed by atoms with Crippen LogP contribution in [0.3, 0.4) is 0 Å². The number of ether oxygens (including phenoxy) is 2. The minimum atomic E-state index is -0.360. The Hall–Kier alpha value is -2.66. The Morgan fingerprint density at radius 1 is 0.760 bits per heavy atom. The predicted molar refractivity (Wildman–Crippen MR) is 94.6 cm³/mol. The lowest BCUT2D eigenvalue weighted by atomic mass is 10.2. The molecule has 0 heterocycles. The summed E-state index contributed by atoms with van der Waals surface area (Å²) in [5.41, 5.74) is 1.86. The summed E-state index contributed by atoms with van der Waals surface area (Å²) in [7, 11) is 0. The average Bonchev–Trinajstić information content (AvgIpc) is 2.66. The highest BCUT2D eigenvalue weighted by Gasteiger charge is 2.15. The summed E-state index contributed by atoms with van der Waals surface area (Å²) in [6.45, 7) is 3.02. The predicted octanol–water partition coefficient (Wildman–Crippen LogP) is 2.80. The van der Waals surface area contributed by atoms with Gasteiger partial charge >= 0.3 is 11.9 Å². The third kappa shape index (κ3) is 7.18. The Labute approximate surface area is 148 Å². The molecule has 0 radical (unpaired) electrons. The lowest BCUT2D eigenvalue weighted by molar-refractivity contribution is -0.150. The van der Waals surface area contributed by atoms with E-state index in [2.05, 4.69) is 0 Å². The van der Waals surface area contributed by atoms with Crippen molar-refractivity contribution >= 4 is 11.9 Å². The van der Waals surface area contributed by atoms with Gasteiger partial charge in [0, 0.05) is 0 Å². The zero-order valence-electron chi connectivity index (χ0n) is 14.4. The van der Waals surface area contributed by atoms with Crippen LogP contribution in [0.1, 0.15) is 18.1 Å². The minimum absolute atomic E-state index is 0.0593. The summed E-state index contributed by atoms with van der Waals surface area (Å²) in [4.78, 5) is 25.6. The molecule has 25 heavy (non-hydrogen) atoms. The van der Waals surface area contributed by atoms with E-state index in [9.17, 15) is 9.59 Å². The molecule has 0 saturated heterocycles. The Balaban J connectivity index is 1.71. The number of esters is 2. The van der Waals surface area contributed by atoms with E-state index < -0.39 is 0 Å². The van der Waals surface area contributed by atoms with E-state index in [4.69, 9.17) is 9.47 Å². The van der Waals surface area contributed by atoms with E-state index >= 15 is 0 Å². The Morgan fingerprint density at radius 3 is 1.52 bits per heavy atom. The molecule has 0 atom stereocenters. The van der Waals surface area contributed by atoms with Gasteiger partial charge in [-0.05, 0) is 17.7 Å². The van der Waals surface area contributed by atoms with Crippen LogP contribution in [0.25, 0.3) is 0 Å². The van der Waals surface area contributed by atoms with Crippen molar-refractivity contribution in [3.8, 4) is 0 Å². The van der Waals surface area contributed by atoms with E-state index in [-0.39, 0.29) is 38.2 Å². The first-order valence-electron chi connectivity index (χ1n) is 8.29. The number of hydrogen-bond acceptors (Lipinski definition) is 5. The van der Waals surface area contributed by atoms with Gasteiger partial charge in [0.15, 0.2) is 0 Å². The van der Waals surface area contributed by atoms with Gasteiger partial charge in [0.05, 0.1) is 13.1 Å². The van der Waals surface area contributed by atoms with E-state index in [0.29, 0.717) is 6.54 Å². The largest absolute Gasteiger partial charge is 0.460 e. The Morgan fingerprint density at radius 2 is 1.16 bits per heavy atom. The third-order valence-electron chi connectivity index (χ3n) is 3.64. The maximum absolute atomic E-state index is 11.9. The monoisotopic (exact) mass is 341 g/mol. The topological polar surface area (TPSA) is 55.8 Å². The fourth-order valence-corrected chi connectivity index (χ4v) is 2.21. The van der Waals surface area contributed by atoms with Gasteiger partial charge in [0.25, 0.3) is 0 Å². The second-order valence-electron chi connectivity index (χ2n) is 5.60. The zero-order valence-corrected chi connectivity index (χ0v) is 14.4. The van der Waals surface area contributed by atoms with Gasteiger partial charge in [0.1, 0.15) is 13.2 Å². The molecule has 0 aliphatic carbocycles. The maximum atomic E-state index is 11.9. The van der Waals surface area contributed by atoms with E-state index in [1.165, 1.54) is 0 Å². The van der Waals surface area contributed by atoms with Crippen LogP contribution in [-0.4, -0.2) is 36.5 Å². The van der Waals surface area contributed by atoms with Crippen LogP contribution >= 0.6 is 0 Å². The maximum Gasteiger partial charge on any atom is 0.320 e. The summed E-state index contributed by atoms with van der Waals surface area (Å²) in [6, 6.07) is 19.0. The number of carbonyl (C=O) groups is 2. The van der Waals surface area contributed by atoms with Crippen molar-refractivity contribution in [1.82, 2.24) is 4.90 Å². The molecule has 5 heteroatoms. The molecule has 0 aliphatic heterocycles. The Bertz CT molecular complexity index is 600. The molecule has 132 valence electrons. The van der Waals surface area contributed by atoms with Gasteiger partial charge < -0.3 is 9.47 Å². The fourth-order valence-electron chi connectivity index (χ4n) is 2.21. The smallest absolute Gasteiger partial charge is 0.320 e. The van der Waals surface area contributed by atoms with Gasteiger partial charge in [-0.3, -0.25) is 14.5 Å². The number of carbonyl (C=O) groups excluding carboxylic acids is 2. The van der Waals surface area contributed by atoms with Crippen LogP contribution in [0.15, 0.2) is 60.7 Å². The van der Waals surface area contributed by atoms with Gasteiger partial charge in [-0.2, -0.15) is 0 Å². The van der Waals surface area contributed by atoms with E-state index in [1.54, 1.807) is 4.90 Å². The summed E-state index contributed by atoms with van der Waals surface area (Å²) in [5.74, 6) is -0.719. The van der Waals surface area contributed by atoms with Crippen LogP contribution < -0.4 is 0 Å². The molecule has 0 saturated carbocycles. The molecule has 0 fully saturated rings. The molecular weight excluding hydrogens is 318 g/mol. The molecule has 2 aromatic rings. The fraction of sp³-hybridized carbons (Fsp3) is 0.300. The molecule has 0 unspecified atom stereocenters. The standard InChI is InChI=1S/C20H23NO4/c1-2-21(13-19(22)24-15-17-9-5-3-6-10-17)14-20(23)25-16-18-11-7-4-8-12-18/h3-12H,2,13-16H2,1H3. The number of rotatable bonds is 9. The zero-order chi connectivity index (χ0) is 17.9. The summed E-state index contributed by atoms with van der Waals surface area (Å²) >= 11 is 0. The number of likely N-dealkylation sites (N-methyl/N-ethyl adjacent to an activating group) is 1. The second kappa shape index (κ2) is 10.3. The van der Waals surface area contributed by atoms with Crippen molar-refractivity contribution in [2.45, 2.75) is 20.1 Å². The van der Waals surface area contributed by atoms with Crippen molar-refractivity contribution < 1.29 is 19.1 Å². The molecule has 0 amide bonds. The molecule has 0 aromatic heterocycles. The second-order valence-corrected chi connectivity index (χ2v) is 5.60. The van der Waals surface area contributed by atoms with Gasteiger partial charge in [0.2, 0.25) is 0 Å². The SMILES string of the molecule is CCN(CC(=O)OCc1ccccc1)CC(=O)OCc1ccccc1. The van der Waals surface area contributed by atoms with Gasteiger partial charge in [-0.1, -0.05) is 67.6 Å². The highest BCUT2D eigenvalue weighted by Crippen LogP contribution is 2.03. The van der Waals surface area contributed by atoms with Crippen LogP contribution in [0.5, 0.6) is 0 Å². The first kappa shape index (κ1) is 18.7. The van der Waals surface area contributed by atoms with Crippen molar-refractivity contribution in [1.29, 1.82) is 0 Å². The number of hydrogen-bond donors (Lipinski definition) is 0.